The van der Waals surface area contributed by atoms with Gasteiger partial charge < -0.3 is 19.7 Å². The number of rotatable bonds is 24. The monoisotopic (exact) mass is 534 g/mol. The van der Waals surface area contributed by atoms with Gasteiger partial charge in [-0.1, -0.05) is 123 Å². The zero-order chi connectivity index (χ0) is 27.8. The van der Waals surface area contributed by atoms with Crippen molar-refractivity contribution in [1.29, 1.82) is 0 Å². The van der Waals surface area contributed by atoms with E-state index >= 15 is 0 Å². The molecule has 0 saturated heterocycles. The van der Waals surface area contributed by atoms with Crippen molar-refractivity contribution in [2.45, 2.75) is 148 Å². The molecule has 0 aliphatic rings. The molecule has 0 fully saturated rings. The summed E-state index contributed by atoms with van der Waals surface area (Å²) in [5.74, 6) is -1.21. The standard InChI is InChI=1S/C32H54O6/c1-3-5-7-9-11-13-15-17-19-21-31(35)37-26-30(27-23-24-28(33)29(34)25-27)38-32(36)22-20-18-16-14-12-10-8-6-4-2/h23-25,30,33-34H,3-22,26H2,1-2H3. The summed E-state index contributed by atoms with van der Waals surface area (Å²) in [4.78, 5) is 24.8. The van der Waals surface area contributed by atoms with Crippen molar-refractivity contribution in [3.63, 3.8) is 0 Å². The Bertz CT molecular complexity index is 747. The molecule has 1 aromatic rings. The highest BCUT2D eigenvalue weighted by Crippen LogP contribution is 2.30. The normalized spacial score (nSPS) is 11.8. The lowest BCUT2D eigenvalue weighted by Gasteiger charge is -2.19. The van der Waals surface area contributed by atoms with Gasteiger partial charge in [0.1, 0.15) is 6.61 Å². The van der Waals surface area contributed by atoms with E-state index in [9.17, 15) is 19.8 Å². The molecule has 0 heterocycles. The molecule has 6 heteroatoms. The second-order valence-corrected chi connectivity index (χ2v) is 10.6. The van der Waals surface area contributed by atoms with Gasteiger partial charge in [-0.15, -0.1) is 0 Å². The third kappa shape index (κ3) is 17.3. The van der Waals surface area contributed by atoms with Gasteiger partial charge in [-0.25, -0.2) is 0 Å². The van der Waals surface area contributed by atoms with E-state index in [0.717, 1.165) is 38.5 Å². The Labute approximate surface area is 231 Å². The maximum absolute atomic E-state index is 12.5. The van der Waals surface area contributed by atoms with Crippen molar-refractivity contribution >= 4 is 11.9 Å². The Morgan fingerprint density at radius 1 is 0.632 bits per heavy atom. The fourth-order valence-corrected chi connectivity index (χ4v) is 4.56. The number of aromatic hydroxyl groups is 2. The van der Waals surface area contributed by atoms with Gasteiger partial charge in [0, 0.05) is 12.8 Å². The molecule has 6 nitrogen and oxygen atoms in total. The summed E-state index contributed by atoms with van der Waals surface area (Å²) in [7, 11) is 0. The van der Waals surface area contributed by atoms with Crippen LogP contribution in [0.4, 0.5) is 0 Å². The van der Waals surface area contributed by atoms with Crippen LogP contribution in [0.1, 0.15) is 154 Å². The maximum atomic E-state index is 12.5. The van der Waals surface area contributed by atoms with E-state index < -0.39 is 6.10 Å². The average molecular weight is 535 g/mol. The largest absolute Gasteiger partial charge is 0.504 e. The lowest BCUT2D eigenvalue weighted by molar-refractivity contribution is -0.159. The van der Waals surface area contributed by atoms with Crippen LogP contribution >= 0.6 is 0 Å². The lowest BCUT2D eigenvalue weighted by Crippen LogP contribution is -2.19. The van der Waals surface area contributed by atoms with Crippen molar-refractivity contribution in [3.8, 4) is 11.5 Å². The predicted octanol–water partition coefficient (Wildman–Crippen LogP) is 9.07. The smallest absolute Gasteiger partial charge is 0.306 e. The summed E-state index contributed by atoms with van der Waals surface area (Å²) in [6.07, 6.45) is 20.9. The molecule has 0 saturated carbocycles. The number of unbranched alkanes of at least 4 members (excludes halogenated alkanes) is 16. The average Bonchev–Trinajstić information content (AvgIpc) is 2.90. The van der Waals surface area contributed by atoms with Crippen LogP contribution in [0.25, 0.3) is 0 Å². The van der Waals surface area contributed by atoms with Gasteiger partial charge in [-0.2, -0.15) is 0 Å². The molecule has 1 atom stereocenters. The van der Waals surface area contributed by atoms with Crippen LogP contribution in [0.3, 0.4) is 0 Å². The molecule has 1 unspecified atom stereocenters. The van der Waals surface area contributed by atoms with Crippen LogP contribution in [0.15, 0.2) is 18.2 Å². The maximum Gasteiger partial charge on any atom is 0.306 e. The first kappa shape index (κ1) is 33.8. The Morgan fingerprint density at radius 3 is 1.55 bits per heavy atom. The van der Waals surface area contributed by atoms with E-state index in [1.165, 1.54) is 89.2 Å². The van der Waals surface area contributed by atoms with Crippen molar-refractivity contribution in [2.75, 3.05) is 6.61 Å². The number of carbonyl (C=O) groups is 2. The second-order valence-electron chi connectivity index (χ2n) is 10.6. The molecule has 2 N–H and O–H groups in total. The van der Waals surface area contributed by atoms with Gasteiger partial charge in [-0.05, 0) is 30.5 Å². The number of hydrogen-bond donors (Lipinski definition) is 2. The summed E-state index contributed by atoms with van der Waals surface area (Å²) >= 11 is 0. The van der Waals surface area contributed by atoms with Gasteiger partial charge in [0.05, 0.1) is 0 Å². The summed E-state index contributed by atoms with van der Waals surface area (Å²) in [6, 6.07) is 4.26. The topological polar surface area (TPSA) is 93.1 Å². The molecule has 1 rings (SSSR count). The summed E-state index contributed by atoms with van der Waals surface area (Å²) < 4.78 is 11.1. The SMILES string of the molecule is CCCCCCCCCCCC(=O)OCC(OC(=O)CCCCCCCCCCC)c1ccc(O)c(O)c1. The van der Waals surface area contributed by atoms with E-state index in [2.05, 4.69) is 13.8 Å². The van der Waals surface area contributed by atoms with E-state index in [1.807, 2.05) is 0 Å². The highest BCUT2D eigenvalue weighted by molar-refractivity contribution is 5.70. The van der Waals surface area contributed by atoms with Gasteiger partial charge in [0.2, 0.25) is 0 Å². The van der Waals surface area contributed by atoms with Crippen LogP contribution in [0.5, 0.6) is 11.5 Å². The van der Waals surface area contributed by atoms with Crippen molar-refractivity contribution < 1.29 is 29.3 Å². The quantitative estimate of drug-likeness (QED) is 0.0780. The molecule has 0 aliphatic heterocycles. The van der Waals surface area contributed by atoms with Crippen LogP contribution in [0, 0.1) is 0 Å². The van der Waals surface area contributed by atoms with Crippen molar-refractivity contribution in [2.24, 2.45) is 0 Å². The van der Waals surface area contributed by atoms with Gasteiger partial charge in [-0.3, -0.25) is 9.59 Å². The number of hydrogen-bond acceptors (Lipinski definition) is 6. The molecule has 0 aliphatic carbocycles. The first-order valence-electron chi connectivity index (χ1n) is 15.3. The molecular weight excluding hydrogens is 480 g/mol. The van der Waals surface area contributed by atoms with Crippen LogP contribution in [0.2, 0.25) is 0 Å². The highest BCUT2D eigenvalue weighted by Gasteiger charge is 2.20. The number of ether oxygens (including phenoxy) is 2. The Morgan fingerprint density at radius 2 is 1.08 bits per heavy atom. The minimum Gasteiger partial charge on any atom is -0.504 e. The molecule has 0 aromatic heterocycles. The fraction of sp³-hybridized carbons (Fsp3) is 0.750. The Hall–Kier alpha value is -2.24. The summed E-state index contributed by atoms with van der Waals surface area (Å²) in [6.45, 7) is 4.33. The van der Waals surface area contributed by atoms with Gasteiger partial charge >= 0.3 is 11.9 Å². The van der Waals surface area contributed by atoms with Gasteiger partial charge in [0.25, 0.3) is 0 Å². The highest BCUT2D eigenvalue weighted by atomic mass is 16.6. The Balaban J connectivity index is 2.37. The number of carbonyl (C=O) groups excluding carboxylic acids is 2. The predicted molar refractivity (Wildman–Crippen MR) is 153 cm³/mol. The number of esters is 2. The van der Waals surface area contributed by atoms with Crippen LogP contribution in [-0.4, -0.2) is 28.8 Å². The van der Waals surface area contributed by atoms with Crippen LogP contribution in [-0.2, 0) is 19.1 Å². The number of phenols is 2. The first-order chi connectivity index (χ1) is 18.5. The molecule has 38 heavy (non-hydrogen) atoms. The molecule has 0 bridgehead atoms. The third-order valence-corrected chi connectivity index (χ3v) is 7.01. The molecule has 0 amide bonds. The molecule has 0 radical (unpaired) electrons. The third-order valence-electron chi connectivity index (χ3n) is 7.01. The zero-order valence-corrected chi connectivity index (χ0v) is 24.2. The molecule has 1 aromatic carbocycles. The molecular formula is C32H54O6. The van der Waals surface area contributed by atoms with Crippen molar-refractivity contribution in [3.05, 3.63) is 23.8 Å². The summed E-state index contributed by atoms with van der Waals surface area (Å²) in [5.41, 5.74) is 0.483. The van der Waals surface area contributed by atoms with E-state index in [4.69, 9.17) is 9.47 Å². The summed E-state index contributed by atoms with van der Waals surface area (Å²) in [5, 5.41) is 19.5. The molecule has 218 valence electrons. The minimum absolute atomic E-state index is 0.107. The second kappa shape index (κ2) is 22.7. The van der Waals surface area contributed by atoms with E-state index in [0.29, 0.717) is 18.4 Å². The first-order valence-corrected chi connectivity index (χ1v) is 15.3. The van der Waals surface area contributed by atoms with Crippen molar-refractivity contribution in [1.82, 2.24) is 0 Å². The lowest BCUT2D eigenvalue weighted by atomic mass is 10.1. The number of benzene rings is 1. The van der Waals surface area contributed by atoms with E-state index in [1.54, 1.807) is 6.07 Å². The van der Waals surface area contributed by atoms with Gasteiger partial charge in [0.15, 0.2) is 17.6 Å². The minimum atomic E-state index is -0.820. The van der Waals surface area contributed by atoms with E-state index in [-0.39, 0.29) is 30.0 Å². The zero-order valence-electron chi connectivity index (χ0n) is 24.2. The Kier molecular flexibility index (Phi) is 20.2. The number of phenolic OH excluding ortho intramolecular Hbond substituents is 2. The molecule has 0 spiro atoms. The fourth-order valence-electron chi connectivity index (χ4n) is 4.56. The van der Waals surface area contributed by atoms with Crippen LogP contribution < -0.4 is 0 Å².